The van der Waals surface area contributed by atoms with Gasteiger partial charge in [0.25, 0.3) is 5.56 Å². The van der Waals surface area contributed by atoms with Crippen LogP contribution in [0.5, 0.6) is 0 Å². The lowest BCUT2D eigenvalue weighted by atomic mass is 10.2. The number of phosphoric acid groups is 3. The van der Waals surface area contributed by atoms with Crippen molar-refractivity contribution in [1.82, 2.24) is 9.55 Å². The summed E-state index contributed by atoms with van der Waals surface area (Å²) in [5, 5.41) is 13.1. The van der Waals surface area contributed by atoms with Gasteiger partial charge in [-0.25, -0.2) is 18.5 Å². The molecule has 0 spiro atoms. The number of aliphatic hydroxyl groups is 1. The Balaban J connectivity index is 2.08. The maximum absolute atomic E-state index is 11.9. The van der Waals surface area contributed by atoms with E-state index in [0.717, 1.165) is 10.8 Å². The Kier molecular flexibility index (Phi) is 7.79. The molecule has 2 heterocycles. The molecule has 0 radical (unpaired) electrons. The third-order valence-electron chi connectivity index (χ3n) is 3.43. The van der Waals surface area contributed by atoms with Gasteiger partial charge in [-0.1, -0.05) is 5.11 Å². The fourth-order valence-corrected chi connectivity index (χ4v) is 5.34. The maximum Gasteiger partial charge on any atom is 0.490 e. The van der Waals surface area contributed by atoms with Crippen LogP contribution in [0.4, 0.5) is 5.69 Å². The zero-order valence-electron chi connectivity index (χ0n) is 14.8. The van der Waals surface area contributed by atoms with Gasteiger partial charge in [0.15, 0.2) is 0 Å². The summed E-state index contributed by atoms with van der Waals surface area (Å²) < 4.78 is 51.0. The van der Waals surface area contributed by atoms with Crippen molar-refractivity contribution in [3.05, 3.63) is 37.5 Å². The molecule has 6 N–H and O–H groups in total. The predicted molar refractivity (Wildman–Crippen MR) is 94.5 cm³/mol. The number of H-pyrrole nitrogens is 1. The average Bonchev–Trinajstić information content (AvgIpc) is 2.93. The van der Waals surface area contributed by atoms with Gasteiger partial charge in [0.1, 0.15) is 18.0 Å². The molecule has 22 heteroatoms. The maximum atomic E-state index is 11.9. The second-order valence-electron chi connectivity index (χ2n) is 5.69. The minimum Gasteiger partial charge on any atom is -0.390 e. The van der Waals surface area contributed by atoms with E-state index in [2.05, 4.69) is 23.2 Å². The Bertz CT molecular complexity index is 1130. The van der Waals surface area contributed by atoms with Crippen molar-refractivity contribution in [3.63, 3.8) is 0 Å². The van der Waals surface area contributed by atoms with Crippen LogP contribution in [0.1, 0.15) is 12.6 Å². The second kappa shape index (κ2) is 9.44. The Morgan fingerprint density at radius 2 is 1.87 bits per heavy atom. The lowest BCUT2D eigenvalue weighted by Gasteiger charge is -2.19. The molecule has 1 aliphatic rings. The molecule has 0 aromatic carbocycles. The van der Waals surface area contributed by atoms with Crippen molar-refractivity contribution in [2.45, 2.75) is 24.9 Å². The van der Waals surface area contributed by atoms with E-state index in [1.165, 1.54) is 0 Å². The number of hydrogen-bond acceptors (Lipinski definition) is 11. The van der Waals surface area contributed by atoms with Crippen molar-refractivity contribution < 1.29 is 56.3 Å². The van der Waals surface area contributed by atoms with Gasteiger partial charge in [-0.3, -0.25) is 18.9 Å². The van der Waals surface area contributed by atoms with Crippen molar-refractivity contribution in [2.24, 2.45) is 5.11 Å². The largest absolute Gasteiger partial charge is 0.490 e. The number of rotatable bonds is 9. The quantitative estimate of drug-likeness (QED) is 0.106. The SMILES string of the molecule is [N-]=[N+]=Nc1cn([C@@H]2C[C@H](O)[C@@H](COP(=O)(O)OP(=O)(O)OP(=O)(O)O)O2)c(=O)[nH]c1=O. The molecule has 19 nitrogen and oxygen atoms in total. The molecule has 1 saturated heterocycles. The van der Waals surface area contributed by atoms with Crippen molar-refractivity contribution >= 4 is 29.2 Å². The normalized spacial score (nSPS) is 25.4. The third-order valence-corrected chi connectivity index (χ3v) is 7.24. The molecule has 0 amide bonds. The number of hydrogen-bond donors (Lipinski definition) is 6. The Labute approximate surface area is 169 Å². The first-order valence-electron chi connectivity index (χ1n) is 7.65. The van der Waals surface area contributed by atoms with E-state index < -0.39 is 65.4 Å². The van der Waals surface area contributed by atoms with Gasteiger partial charge in [-0.2, -0.15) is 8.62 Å². The summed E-state index contributed by atoms with van der Waals surface area (Å²) in [4.78, 5) is 63.1. The van der Waals surface area contributed by atoms with E-state index >= 15 is 0 Å². The van der Waals surface area contributed by atoms with E-state index in [4.69, 9.17) is 24.9 Å². The minimum absolute atomic E-state index is 0.300. The van der Waals surface area contributed by atoms with Crippen molar-refractivity contribution in [1.29, 1.82) is 0 Å². The monoisotopic (exact) mass is 509 g/mol. The molecule has 174 valence electrons. The minimum atomic E-state index is -5.72. The molecule has 0 bridgehead atoms. The summed E-state index contributed by atoms with van der Waals surface area (Å²) in [7, 11) is -16.7. The molecular weight excluding hydrogens is 495 g/mol. The average molecular weight is 509 g/mol. The summed E-state index contributed by atoms with van der Waals surface area (Å²) >= 11 is 0. The Morgan fingerprint density at radius 3 is 2.45 bits per heavy atom. The number of nitrogens with one attached hydrogen (secondary N) is 1. The second-order valence-corrected chi connectivity index (χ2v) is 10.1. The zero-order chi connectivity index (χ0) is 23.6. The lowest BCUT2D eigenvalue weighted by Crippen LogP contribution is -2.32. The van der Waals surface area contributed by atoms with E-state index in [9.17, 15) is 33.3 Å². The highest BCUT2D eigenvalue weighted by Gasteiger charge is 2.43. The molecule has 1 aromatic rings. The van der Waals surface area contributed by atoms with Crippen LogP contribution < -0.4 is 11.2 Å². The standard InChI is InChI=1S/C9H14N5O14P3/c10-13-12-4-2-14(9(17)11-8(4)16)7-1-5(15)6(26-7)3-25-30(21,22)28-31(23,24)27-29(18,19)20/h2,5-7,15H,1,3H2,(H,21,22)(H,23,24)(H,11,16,17)(H2,18,19,20)/t5-,6+,7-/m0/s1. The van der Waals surface area contributed by atoms with Gasteiger partial charge in [0, 0.05) is 17.5 Å². The first-order valence-corrected chi connectivity index (χ1v) is 12.2. The topological polar surface area (TPSA) is 293 Å². The molecule has 0 aliphatic carbocycles. The van der Waals surface area contributed by atoms with Crippen LogP contribution >= 0.6 is 23.5 Å². The predicted octanol–water partition coefficient (Wildman–Crippen LogP) is -0.530. The van der Waals surface area contributed by atoms with Crippen LogP contribution in [-0.2, 0) is 31.6 Å². The number of azide groups is 1. The van der Waals surface area contributed by atoms with Gasteiger partial charge >= 0.3 is 29.2 Å². The third kappa shape index (κ3) is 7.45. The Morgan fingerprint density at radius 1 is 1.23 bits per heavy atom. The van der Waals surface area contributed by atoms with Gasteiger partial charge in [-0.05, 0) is 5.53 Å². The molecule has 1 aromatic heterocycles. The number of ether oxygens (including phenoxy) is 1. The number of nitrogens with zero attached hydrogens (tertiary/aromatic N) is 4. The molecule has 5 atom stereocenters. The first kappa shape index (κ1) is 25.6. The van der Waals surface area contributed by atoms with Crippen LogP contribution in [-0.4, -0.2) is 53.0 Å². The van der Waals surface area contributed by atoms with Gasteiger partial charge < -0.3 is 29.4 Å². The summed E-state index contributed by atoms with van der Waals surface area (Å²) in [5.74, 6) is 0. The number of aromatic amines is 1. The van der Waals surface area contributed by atoms with Crippen molar-refractivity contribution in [3.8, 4) is 0 Å². The van der Waals surface area contributed by atoms with Gasteiger partial charge in [0.2, 0.25) is 0 Å². The van der Waals surface area contributed by atoms with Gasteiger partial charge in [-0.15, -0.1) is 0 Å². The molecule has 1 fully saturated rings. The number of phosphoric ester groups is 1. The molecule has 1 aliphatic heterocycles. The fourth-order valence-electron chi connectivity index (χ4n) is 2.31. The summed E-state index contributed by atoms with van der Waals surface area (Å²) in [5.41, 5.74) is 5.95. The van der Waals surface area contributed by atoms with E-state index in [-0.39, 0.29) is 6.42 Å². The highest BCUT2D eigenvalue weighted by Crippen LogP contribution is 2.66. The van der Waals surface area contributed by atoms with Crippen LogP contribution in [0.3, 0.4) is 0 Å². The van der Waals surface area contributed by atoms with Crippen LogP contribution in [0.25, 0.3) is 10.4 Å². The van der Waals surface area contributed by atoms with Gasteiger partial charge in [0.05, 0.1) is 12.7 Å². The summed E-state index contributed by atoms with van der Waals surface area (Å²) in [6.45, 7) is -0.956. The fraction of sp³-hybridized carbons (Fsp3) is 0.556. The molecular formula is C9H14N5O14P3. The van der Waals surface area contributed by atoms with E-state index in [1.807, 2.05) is 4.98 Å². The number of aromatic nitrogens is 2. The van der Waals surface area contributed by atoms with Crippen LogP contribution in [0.2, 0.25) is 0 Å². The summed E-state index contributed by atoms with van der Waals surface area (Å²) in [6, 6.07) is 0. The highest BCUT2D eigenvalue weighted by molar-refractivity contribution is 7.66. The Hall–Kier alpha value is -1.68. The highest BCUT2D eigenvalue weighted by atomic mass is 31.3. The number of aliphatic hydroxyl groups excluding tert-OH is 1. The molecule has 0 saturated carbocycles. The van der Waals surface area contributed by atoms with Crippen LogP contribution in [0.15, 0.2) is 20.9 Å². The molecule has 2 unspecified atom stereocenters. The van der Waals surface area contributed by atoms with E-state index in [0.29, 0.717) is 0 Å². The summed E-state index contributed by atoms with van der Waals surface area (Å²) in [6.07, 6.45) is -3.52. The zero-order valence-corrected chi connectivity index (χ0v) is 17.4. The first-order chi connectivity index (χ1) is 14.1. The van der Waals surface area contributed by atoms with Crippen LogP contribution in [0, 0.1) is 0 Å². The lowest BCUT2D eigenvalue weighted by molar-refractivity contribution is -0.0449. The molecule has 31 heavy (non-hydrogen) atoms. The smallest absolute Gasteiger partial charge is 0.390 e. The molecule has 2 rings (SSSR count). The van der Waals surface area contributed by atoms with E-state index in [1.54, 1.807) is 0 Å². The van der Waals surface area contributed by atoms with Crippen molar-refractivity contribution in [2.75, 3.05) is 6.61 Å².